The van der Waals surface area contributed by atoms with Crippen LogP contribution in [0.4, 0.5) is 13.2 Å². The molecule has 0 fully saturated rings. The largest absolute Gasteiger partial charge is 0.256 e. The Balaban J connectivity index is 1.76. The molecule has 0 saturated carbocycles. The Morgan fingerprint density at radius 3 is 2.29 bits per heavy atom. The fourth-order valence-electron chi connectivity index (χ4n) is 2.59. The van der Waals surface area contributed by atoms with Crippen LogP contribution in [0, 0.1) is 17.5 Å². The Bertz CT molecular complexity index is 1160. The van der Waals surface area contributed by atoms with Crippen LogP contribution < -0.4 is 0 Å². The van der Waals surface area contributed by atoms with Crippen LogP contribution in [0.15, 0.2) is 47.6 Å². The van der Waals surface area contributed by atoms with Gasteiger partial charge in [-0.2, -0.15) is 14.5 Å². The molecule has 4 rings (SSSR count). The van der Waals surface area contributed by atoms with Gasteiger partial charge in [-0.25, -0.2) is 13.2 Å². The summed E-state index contributed by atoms with van der Waals surface area (Å²) in [6.45, 7) is 0. The number of nitrogens with zero attached hydrogens (tertiary/aromatic N) is 4. The van der Waals surface area contributed by atoms with Gasteiger partial charge in [-0.15, -0.1) is 5.10 Å². The maximum absolute atomic E-state index is 14.2. The minimum Gasteiger partial charge on any atom is -0.207 e. The third kappa shape index (κ3) is 3.55. The van der Waals surface area contributed by atoms with Crippen molar-refractivity contribution in [2.24, 2.45) is 0 Å². The summed E-state index contributed by atoms with van der Waals surface area (Å²) in [6, 6.07) is 10.8. The van der Waals surface area contributed by atoms with Crippen LogP contribution in [-0.2, 0) is 5.75 Å². The molecule has 0 unspecified atom stereocenters. The highest BCUT2D eigenvalue weighted by atomic mass is 35.5. The molecular weight excluding hydrogens is 432 g/mol. The van der Waals surface area contributed by atoms with E-state index in [1.807, 2.05) is 30.3 Å². The zero-order chi connectivity index (χ0) is 19.8. The quantitative estimate of drug-likeness (QED) is 0.296. The van der Waals surface area contributed by atoms with Gasteiger partial charge in [0, 0.05) is 17.9 Å². The monoisotopic (exact) mass is 440 g/mol. The van der Waals surface area contributed by atoms with E-state index in [0.717, 1.165) is 10.1 Å². The molecule has 2 aromatic carbocycles. The van der Waals surface area contributed by atoms with E-state index in [0.29, 0.717) is 23.0 Å². The Morgan fingerprint density at radius 1 is 0.929 bits per heavy atom. The van der Waals surface area contributed by atoms with E-state index >= 15 is 0 Å². The molecule has 0 aliphatic carbocycles. The Morgan fingerprint density at radius 2 is 1.61 bits per heavy atom. The first-order chi connectivity index (χ1) is 13.4. The van der Waals surface area contributed by atoms with Crippen LogP contribution in [0.25, 0.3) is 16.9 Å². The first-order valence-electron chi connectivity index (χ1n) is 7.87. The summed E-state index contributed by atoms with van der Waals surface area (Å²) in [6.07, 6.45) is 0. The van der Waals surface area contributed by atoms with Crippen molar-refractivity contribution in [3.05, 3.63) is 75.8 Å². The van der Waals surface area contributed by atoms with Crippen LogP contribution in [-0.4, -0.2) is 19.6 Å². The molecule has 28 heavy (non-hydrogen) atoms. The van der Waals surface area contributed by atoms with Gasteiger partial charge < -0.3 is 0 Å². The Labute approximate surface area is 171 Å². The average molecular weight is 441 g/mol. The molecule has 2 aromatic heterocycles. The molecule has 0 amide bonds. The highest BCUT2D eigenvalue weighted by Crippen LogP contribution is 2.37. The second-order valence-corrected chi connectivity index (χ2v) is 7.35. The Hall–Kier alpha value is -2.29. The number of benzene rings is 2. The van der Waals surface area contributed by atoms with E-state index in [9.17, 15) is 13.2 Å². The first kappa shape index (κ1) is 19.0. The second-order valence-electron chi connectivity index (χ2n) is 5.69. The van der Waals surface area contributed by atoms with Crippen LogP contribution in [0.2, 0.25) is 10.3 Å². The van der Waals surface area contributed by atoms with Gasteiger partial charge in [0.1, 0.15) is 27.8 Å². The molecule has 0 radical (unpaired) electrons. The van der Waals surface area contributed by atoms with Crippen LogP contribution in [0.3, 0.4) is 0 Å². The third-order valence-corrected chi connectivity index (χ3v) is 5.37. The van der Waals surface area contributed by atoms with Crippen molar-refractivity contribution in [3.63, 3.8) is 0 Å². The lowest BCUT2D eigenvalue weighted by atomic mass is 10.1. The number of thioether (sulfide) groups is 1. The molecule has 0 atom stereocenters. The minimum absolute atomic E-state index is 0.0808. The lowest BCUT2D eigenvalue weighted by molar-refractivity contribution is 0.548. The SMILES string of the molecule is Fc1cc(F)c(-c2c(Cl)nc3nc(SCc4ccccc4)nn3c2Cl)c(F)c1. The molecule has 0 bridgehead atoms. The topological polar surface area (TPSA) is 43.1 Å². The highest BCUT2D eigenvalue weighted by molar-refractivity contribution is 7.98. The lowest BCUT2D eigenvalue weighted by Gasteiger charge is -2.09. The number of rotatable bonds is 4. The van der Waals surface area contributed by atoms with Gasteiger partial charge in [0.05, 0.1) is 11.1 Å². The normalized spacial score (nSPS) is 11.3. The molecule has 0 aliphatic rings. The van der Waals surface area contributed by atoms with Crippen molar-refractivity contribution in [1.29, 1.82) is 0 Å². The zero-order valence-corrected chi connectivity index (χ0v) is 16.2. The third-order valence-electron chi connectivity index (χ3n) is 3.83. The molecule has 142 valence electrons. The molecule has 0 aliphatic heterocycles. The van der Waals surface area contributed by atoms with Crippen molar-refractivity contribution >= 4 is 40.7 Å². The maximum Gasteiger partial charge on any atom is 0.256 e. The van der Waals surface area contributed by atoms with Crippen LogP contribution >= 0.6 is 35.0 Å². The van der Waals surface area contributed by atoms with Crippen molar-refractivity contribution in [3.8, 4) is 11.1 Å². The summed E-state index contributed by atoms with van der Waals surface area (Å²) in [5.41, 5.74) is 0.259. The molecule has 4 aromatic rings. The standard InChI is InChI=1S/C18H9Cl2F3N4S/c19-15-14(13-11(22)6-10(21)7-12(13)23)16(20)27-17(24-15)25-18(26-27)28-8-9-4-2-1-3-5-9/h1-7H,8H2. The van der Waals surface area contributed by atoms with E-state index in [2.05, 4.69) is 15.1 Å². The summed E-state index contributed by atoms with van der Waals surface area (Å²) in [4.78, 5) is 8.25. The van der Waals surface area contributed by atoms with E-state index in [1.165, 1.54) is 11.8 Å². The second kappa shape index (κ2) is 7.62. The number of hydrogen-bond donors (Lipinski definition) is 0. The molecule has 2 heterocycles. The first-order valence-corrected chi connectivity index (χ1v) is 9.61. The fourth-order valence-corrected chi connectivity index (χ4v) is 3.97. The molecule has 10 heteroatoms. The summed E-state index contributed by atoms with van der Waals surface area (Å²) >= 11 is 13.7. The van der Waals surface area contributed by atoms with Crippen LogP contribution in [0.1, 0.15) is 5.56 Å². The number of fused-ring (bicyclic) bond motifs is 1. The molecular formula is C18H9Cl2F3N4S. The lowest BCUT2D eigenvalue weighted by Crippen LogP contribution is -2.01. The fraction of sp³-hybridized carbons (Fsp3) is 0.0556. The molecule has 0 N–H and O–H groups in total. The van der Waals surface area contributed by atoms with Gasteiger partial charge >= 0.3 is 0 Å². The summed E-state index contributed by atoms with van der Waals surface area (Å²) < 4.78 is 42.7. The predicted octanol–water partition coefficient (Wildman–Crippen LogP) is 5.81. The Kier molecular flexibility index (Phi) is 5.18. The van der Waals surface area contributed by atoms with Crippen molar-refractivity contribution in [2.75, 3.05) is 0 Å². The summed E-state index contributed by atoms with van der Waals surface area (Å²) in [5.74, 6) is -2.67. The van der Waals surface area contributed by atoms with E-state index in [1.54, 1.807) is 0 Å². The molecule has 0 spiro atoms. The molecule has 4 nitrogen and oxygen atoms in total. The summed E-state index contributed by atoms with van der Waals surface area (Å²) in [5, 5.41) is 4.14. The van der Waals surface area contributed by atoms with Gasteiger partial charge in [0.2, 0.25) is 5.16 Å². The van der Waals surface area contributed by atoms with Gasteiger partial charge in [0.25, 0.3) is 5.78 Å². The van der Waals surface area contributed by atoms with Crippen LogP contribution in [0.5, 0.6) is 0 Å². The van der Waals surface area contributed by atoms with Crippen molar-refractivity contribution in [2.45, 2.75) is 10.9 Å². The minimum atomic E-state index is -1.15. The highest BCUT2D eigenvalue weighted by Gasteiger charge is 2.24. The smallest absolute Gasteiger partial charge is 0.207 e. The van der Waals surface area contributed by atoms with Crippen molar-refractivity contribution in [1.82, 2.24) is 19.6 Å². The number of halogens is 5. The van der Waals surface area contributed by atoms with Gasteiger partial charge in [-0.1, -0.05) is 65.3 Å². The van der Waals surface area contributed by atoms with Gasteiger partial charge in [-0.3, -0.25) is 0 Å². The van der Waals surface area contributed by atoms with Gasteiger partial charge in [-0.05, 0) is 5.56 Å². The van der Waals surface area contributed by atoms with Crippen molar-refractivity contribution < 1.29 is 13.2 Å². The molecule has 0 saturated heterocycles. The maximum atomic E-state index is 14.2. The van der Waals surface area contributed by atoms with E-state index in [-0.39, 0.29) is 21.6 Å². The average Bonchev–Trinajstić information content (AvgIpc) is 3.06. The van der Waals surface area contributed by atoms with E-state index < -0.39 is 23.0 Å². The number of aromatic nitrogens is 4. The van der Waals surface area contributed by atoms with Gasteiger partial charge in [0.15, 0.2) is 0 Å². The zero-order valence-electron chi connectivity index (χ0n) is 13.8. The number of hydrogen-bond acceptors (Lipinski definition) is 4. The predicted molar refractivity (Wildman–Crippen MR) is 102 cm³/mol. The summed E-state index contributed by atoms with van der Waals surface area (Å²) in [7, 11) is 0. The van der Waals surface area contributed by atoms with E-state index in [4.69, 9.17) is 23.2 Å².